The van der Waals surface area contributed by atoms with Gasteiger partial charge in [-0.1, -0.05) is 52.3 Å². The van der Waals surface area contributed by atoms with Crippen molar-refractivity contribution in [3.05, 3.63) is 29.8 Å². The summed E-state index contributed by atoms with van der Waals surface area (Å²) in [7, 11) is -3.25. The lowest BCUT2D eigenvalue weighted by molar-refractivity contribution is 0.199. The Morgan fingerprint density at radius 1 is 1.17 bits per heavy atom. The first-order valence-electron chi connectivity index (χ1n) is 8.14. The molecule has 0 radical (unpaired) electrons. The van der Waals surface area contributed by atoms with Crippen LogP contribution in [0.25, 0.3) is 0 Å². The molecule has 0 bridgehead atoms. The molecule has 0 fully saturated rings. The Morgan fingerprint density at radius 3 is 2.13 bits per heavy atom. The van der Waals surface area contributed by atoms with E-state index in [0.717, 1.165) is 10.5 Å². The molecule has 0 saturated carbocycles. The summed E-state index contributed by atoms with van der Waals surface area (Å²) in [6.45, 7) is 17.4. The van der Waals surface area contributed by atoms with Gasteiger partial charge in [-0.15, -0.1) is 0 Å². The predicted octanol–water partition coefficient (Wildman–Crippen LogP) is 5.13. The molecule has 130 valence electrons. The van der Waals surface area contributed by atoms with Crippen LogP contribution in [0.15, 0.2) is 33.6 Å². The lowest BCUT2D eigenvalue weighted by atomic mass is 10.1. The van der Waals surface area contributed by atoms with Gasteiger partial charge in [0.15, 0.2) is 19.3 Å². The third-order valence-corrected chi connectivity index (χ3v) is 9.88. The molecule has 5 heteroatoms. The van der Waals surface area contributed by atoms with Gasteiger partial charge in [0.05, 0.1) is 11.0 Å². The van der Waals surface area contributed by atoms with E-state index >= 15 is 0 Å². The van der Waals surface area contributed by atoms with Crippen LogP contribution in [0.3, 0.4) is 0 Å². The lowest BCUT2D eigenvalue weighted by Crippen LogP contribution is -2.45. The number of aryl methyl sites for hydroxylation is 1. The highest BCUT2D eigenvalue weighted by atomic mass is 32.2. The van der Waals surface area contributed by atoms with Crippen molar-refractivity contribution in [3.63, 3.8) is 0 Å². The second kappa shape index (κ2) is 7.86. The van der Waals surface area contributed by atoms with E-state index in [1.165, 1.54) is 0 Å². The quantitative estimate of drug-likeness (QED) is 0.525. The third-order valence-electron chi connectivity index (χ3n) is 4.42. The number of hydrogen-bond donors (Lipinski definition) is 0. The minimum Gasteiger partial charge on any atom is -0.409 e. The van der Waals surface area contributed by atoms with Gasteiger partial charge in [0.25, 0.3) is 0 Å². The van der Waals surface area contributed by atoms with Crippen LogP contribution in [0, 0.1) is 12.8 Å². The highest BCUT2D eigenvalue weighted by Gasteiger charge is 2.39. The van der Waals surface area contributed by atoms with Crippen molar-refractivity contribution in [2.24, 2.45) is 10.3 Å². The topological polar surface area (TPSA) is 38.7 Å². The van der Waals surface area contributed by atoms with Crippen molar-refractivity contribution >= 4 is 25.5 Å². The average Bonchev–Trinajstić information content (AvgIpc) is 2.42. The molecule has 0 amide bonds. The van der Waals surface area contributed by atoms with Gasteiger partial charge in [-0.05, 0) is 43.1 Å². The van der Waals surface area contributed by atoms with Gasteiger partial charge in [-0.2, -0.15) is 4.40 Å². The van der Waals surface area contributed by atoms with Gasteiger partial charge in [0.1, 0.15) is 0 Å². The molecular formula is C18H31NO2SSi. The zero-order valence-electron chi connectivity index (χ0n) is 15.7. The smallest absolute Gasteiger partial charge is 0.192 e. The van der Waals surface area contributed by atoms with Crippen LogP contribution in [0.2, 0.25) is 18.1 Å². The Balaban J connectivity index is 2.87. The average molecular weight is 354 g/mol. The van der Waals surface area contributed by atoms with Crippen LogP contribution in [-0.2, 0) is 15.4 Å². The summed E-state index contributed by atoms with van der Waals surface area (Å²) in [6, 6.07) is 7.63. The maximum atomic E-state index is 12.3. The Morgan fingerprint density at radius 2 is 1.70 bits per heavy atom. The zero-order valence-corrected chi connectivity index (χ0v) is 17.5. The molecule has 1 aromatic carbocycles. The standard InChI is InChI=1S/C18H31NO2SSi/c1-14(2)17(21-23(7,8)18(4,5)6)13-19-22(20)16-11-9-15(3)10-12-16/h9-14,17H,1-8H3/b19-13+/t17-,22+/m1/s1. The molecule has 0 N–H and O–H groups in total. The molecule has 0 aromatic heterocycles. The van der Waals surface area contributed by atoms with Crippen LogP contribution in [0.5, 0.6) is 0 Å². The molecule has 0 aliphatic rings. The molecule has 2 atom stereocenters. The van der Waals surface area contributed by atoms with E-state index in [9.17, 15) is 4.21 Å². The lowest BCUT2D eigenvalue weighted by Gasteiger charge is -2.39. The molecule has 0 spiro atoms. The van der Waals surface area contributed by atoms with E-state index in [-0.39, 0.29) is 11.1 Å². The van der Waals surface area contributed by atoms with E-state index in [0.29, 0.717) is 5.92 Å². The van der Waals surface area contributed by atoms with E-state index in [2.05, 4.69) is 52.1 Å². The first-order valence-corrected chi connectivity index (χ1v) is 12.2. The summed E-state index contributed by atoms with van der Waals surface area (Å²) in [5.74, 6) is 0.294. The van der Waals surface area contributed by atoms with Crippen LogP contribution in [-0.4, -0.2) is 24.8 Å². The van der Waals surface area contributed by atoms with Gasteiger partial charge in [0, 0.05) is 6.21 Å². The fourth-order valence-corrected chi connectivity index (χ4v) is 3.77. The van der Waals surface area contributed by atoms with Crippen molar-refractivity contribution in [3.8, 4) is 0 Å². The number of benzene rings is 1. The van der Waals surface area contributed by atoms with Crippen molar-refractivity contribution in [2.45, 2.75) is 70.7 Å². The van der Waals surface area contributed by atoms with Gasteiger partial charge in [0.2, 0.25) is 0 Å². The SMILES string of the molecule is Cc1ccc([S@](=O)/N=C/[C@@H](O[Si](C)(C)C(C)(C)C)C(C)C)cc1. The van der Waals surface area contributed by atoms with E-state index in [1.807, 2.05) is 31.2 Å². The maximum Gasteiger partial charge on any atom is 0.192 e. The Labute approximate surface area is 145 Å². The van der Waals surface area contributed by atoms with Crippen molar-refractivity contribution in [2.75, 3.05) is 0 Å². The maximum absolute atomic E-state index is 12.3. The van der Waals surface area contributed by atoms with E-state index in [4.69, 9.17) is 4.43 Å². The largest absolute Gasteiger partial charge is 0.409 e. The Kier molecular flexibility index (Phi) is 6.92. The molecule has 0 aliphatic carbocycles. The summed E-state index contributed by atoms with van der Waals surface area (Å²) in [6.07, 6.45) is 1.63. The van der Waals surface area contributed by atoms with Crippen molar-refractivity contribution in [1.29, 1.82) is 0 Å². The molecule has 0 aliphatic heterocycles. The summed E-state index contributed by atoms with van der Waals surface area (Å²) in [5.41, 5.74) is 1.15. The highest BCUT2D eigenvalue weighted by Crippen LogP contribution is 2.37. The Hall–Kier alpha value is -0.783. The summed E-state index contributed by atoms with van der Waals surface area (Å²) in [5, 5.41) is 0.143. The molecule has 0 heterocycles. The fraction of sp³-hybridized carbons (Fsp3) is 0.611. The van der Waals surface area contributed by atoms with Gasteiger partial charge in [-0.3, -0.25) is 0 Å². The molecule has 3 nitrogen and oxygen atoms in total. The number of rotatable bonds is 6. The normalized spacial score (nSPS) is 16.0. The highest BCUT2D eigenvalue weighted by molar-refractivity contribution is 7.83. The molecule has 1 aromatic rings. The Bertz CT molecular complexity index is 559. The van der Waals surface area contributed by atoms with Gasteiger partial charge >= 0.3 is 0 Å². The van der Waals surface area contributed by atoms with Crippen molar-refractivity contribution < 1.29 is 8.63 Å². The zero-order chi connectivity index (χ0) is 17.8. The molecule has 0 unspecified atom stereocenters. The molecule has 23 heavy (non-hydrogen) atoms. The van der Waals surface area contributed by atoms with Crippen LogP contribution >= 0.6 is 0 Å². The molecular weight excluding hydrogens is 322 g/mol. The second-order valence-corrected chi connectivity index (χ2v) is 13.8. The first kappa shape index (κ1) is 20.3. The number of nitrogens with zero attached hydrogens (tertiary/aromatic N) is 1. The third kappa shape index (κ3) is 5.97. The van der Waals surface area contributed by atoms with Crippen LogP contribution in [0.1, 0.15) is 40.2 Å². The van der Waals surface area contributed by atoms with Crippen LogP contribution in [0.4, 0.5) is 0 Å². The minimum absolute atomic E-state index is 0.106. The van der Waals surface area contributed by atoms with Gasteiger partial charge in [-0.25, -0.2) is 4.21 Å². The first-order chi connectivity index (χ1) is 10.4. The molecule has 0 saturated heterocycles. The number of hydrogen-bond acceptors (Lipinski definition) is 2. The van der Waals surface area contributed by atoms with Crippen LogP contribution < -0.4 is 0 Å². The monoisotopic (exact) mass is 353 g/mol. The molecule has 1 rings (SSSR count). The van der Waals surface area contributed by atoms with Crippen molar-refractivity contribution in [1.82, 2.24) is 0 Å². The minimum atomic E-state index is -1.88. The fourth-order valence-electron chi connectivity index (χ4n) is 1.69. The van der Waals surface area contributed by atoms with E-state index < -0.39 is 19.3 Å². The predicted molar refractivity (Wildman–Crippen MR) is 103 cm³/mol. The van der Waals surface area contributed by atoms with Gasteiger partial charge < -0.3 is 4.43 Å². The summed E-state index contributed by atoms with van der Waals surface area (Å²) in [4.78, 5) is 0.724. The van der Waals surface area contributed by atoms with E-state index in [1.54, 1.807) is 6.21 Å². The summed E-state index contributed by atoms with van der Waals surface area (Å²) < 4.78 is 23.0. The second-order valence-electron chi connectivity index (χ2n) is 7.90. The summed E-state index contributed by atoms with van der Waals surface area (Å²) >= 11 is 0.